The molecule has 0 spiro atoms. The number of amides is 1. The Morgan fingerprint density at radius 2 is 2.04 bits per heavy atom. The van der Waals surface area contributed by atoms with Gasteiger partial charge in [0.05, 0.1) is 6.04 Å². The van der Waals surface area contributed by atoms with E-state index in [9.17, 15) is 4.79 Å². The molecule has 2 heterocycles. The van der Waals surface area contributed by atoms with Crippen molar-refractivity contribution < 1.29 is 14.3 Å². The minimum Gasteiger partial charge on any atom is -0.485 e. The summed E-state index contributed by atoms with van der Waals surface area (Å²) in [6, 6.07) is 9.05. The number of rotatable bonds is 4. The fourth-order valence-electron chi connectivity index (χ4n) is 2.84. The summed E-state index contributed by atoms with van der Waals surface area (Å²) in [5.41, 5.74) is 0.895. The topological polar surface area (TPSA) is 73.3 Å². The Morgan fingerprint density at radius 3 is 2.79 bits per heavy atom. The van der Waals surface area contributed by atoms with Crippen LogP contribution >= 0.6 is 0 Å². The molecule has 1 aromatic carbocycles. The molecule has 2 atom stereocenters. The van der Waals surface area contributed by atoms with E-state index in [1.807, 2.05) is 31.2 Å². The predicted octanol–water partition coefficient (Wildman–Crippen LogP) is 2.19. The number of carbonyl (C=O) groups excluding carboxylic acids is 1. The number of nitrogens with one attached hydrogen (secondary N) is 1. The van der Waals surface area contributed by atoms with Crippen LogP contribution in [0, 0.1) is 12.8 Å². The molecule has 0 bridgehead atoms. The van der Waals surface area contributed by atoms with Gasteiger partial charge >= 0.3 is 0 Å². The quantitative estimate of drug-likeness (QED) is 0.933. The summed E-state index contributed by atoms with van der Waals surface area (Å²) >= 11 is 0. The summed E-state index contributed by atoms with van der Waals surface area (Å²) in [6.45, 7) is 2.13. The second-order valence-electron chi connectivity index (χ2n) is 6.24. The van der Waals surface area contributed by atoms with Crippen molar-refractivity contribution in [3.8, 4) is 11.5 Å². The van der Waals surface area contributed by atoms with Crippen LogP contribution in [0.1, 0.15) is 30.4 Å². The first-order valence-corrected chi connectivity index (χ1v) is 8.19. The molecule has 24 heavy (non-hydrogen) atoms. The Kier molecular flexibility index (Phi) is 3.80. The van der Waals surface area contributed by atoms with Gasteiger partial charge in [0.2, 0.25) is 6.10 Å². The van der Waals surface area contributed by atoms with Gasteiger partial charge in [0, 0.05) is 11.9 Å². The number of hydrogen-bond donors (Lipinski definition) is 1. The van der Waals surface area contributed by atoms with E-state index in [2.05, 4.69) is 15.3 Å². The monoisotopic (exact) mass is 325 g/mol. The van der Waals surface area contributed by atoms with Crippen molar-refractivity contribution in [3.63, 3.8) is 0 Å². The van der Waals surface area contributed by atoms with Crippen LogP contribution in [-0.4, -0.2) is 28.6 Å². The highest BCUT2D eigenvalue weighted by atomic mass is 16.6. The first-order valence-electron chi connectivity index (χ1n) is 8.19. The van der Waals surface area contributed by atoms with Crippen molar-refractivity contribution in [2.24, 2.45) is 5.92 Å². The van der Waals surface area contributed by atoms with E-state index in [0.29, 0.717) is 23.2 Å². The number of aryl methyl sites for hydroxylation is 1. The van der Waals surface area contributed by atoms with E-state index in [-0.39, 0.29) is 18.6 Å². The molecule has 1 aliphatic heterocycles. The van der Waals surface area contributed by atoms with E-state index in [1.54, 1.807) is 12.3 Å². The van der Waals surface area contributed by atoms with Crippen molar-refractivity contribution in [1.82, 2.24) is 15.3 Å². The molecular formula is C18H19N3O3. The van der Waals surface area contributed by atoms with Crippen LogP contribution in [0.3, 0.4) is 0 Å². The minimum atomic E-state index is -0.661. The Hall–Kier alpha value is -2.63. The second kappa shape index (κ2) is 6.11. The first-order chi connectivity index (χ1) is 11.7. The standard InChI is InChI=1S/C18H19N3O3/c1-11-8-9-19-17(20-11)16(12-6-7-12)21-18(22)15-10-23-13-4-2-3-5-14(13)24-15/h2-5,8-9,12,15-16H,6-7,10H2,1H3,(H,21,22)/t15-,16+/m1/s1. The van der Waals surface area contributed by atoms with Crippen LogP contribution in [0.2, 0.25) is 0 Å². The van der Waals surface area contributed by atoms with Crippen LogP contribution in [-0.2, 0) is 4.79 Å². The number of benzene rings is 1. The molecule has 0 radical (unpaired) electrons. The van der Waals surface area contributed by atoms with Crippen molar-refractivity contribution in [2.75, 3.05) is 6.61 Å². The van der Waals surface area contributed by atoms with Crippen LogP contribution in [0.15, 0.2) is 36.5 Å². The van der Waals surface area contributed by atoms with Gasteiger partial charge < -0.3 is 14.8 Å². The predicted molar refractivity (Wildman–Crippen MR) is 86.7 cm³/mol. The van der Waals surface area contributed by atoms with Gasteiger partial charge in [-0.1, -0.05) is 12.1 Å². The van der Waals surface area contributed by atoms with Gasteiger partial charge in [0.15, 0.2) is 17.3 Å². The van der Waals surface area contributed by atoms with Crippen molar-refractivity contribution >= 4 is 5.91 Å². The lowest BCUT2D eigenvalue weighted by molar-refractivity contribution is -0.131. The fraction of sp³-hybridized carbons (Fsp3) is 0.389. The Bertz CT molecular complexity index is 761. The molecule has 1 aromatic heterocycles. The zero-order valence-corrected chi connectivity index (χ0v) is 13.4. The van der Waals surface area contributed by atoms with Gasteiger partial charge in [-0.2, -0.15) is 0 Å². The summed E-state index contributed by atoms with van der Waals surface area (Å²) in [7, 11) is 0. The number of fused-ring (bicyclic) bond motifs is 1. The van der Waals surface area contributed by atoms with Gasteiger partial charge in [-0.3, -0.25) is 4.79 Å². The third-order valence-electron chi connectivity index (χ3n) is 4.28. The number of carbonyl (C=O) groups is 1. The van der Waals surface area contributed by atoms with E-state index in [1.165, 1.54) is 0 Å². The highest BCUT2D eigenvalue weighted by Gasteiger charge is 2.37. The molecular weight excluding hydrogens is 306 g/mol. The molecule has 6 heteroatoms. The lowest BCUT2D eigenvalue weighted by Gasteiger charge is -2.27. The van der Waals surface area contributed by atoms with E-state index in [0.717, 1.165) is 18.5 Å². The van der Waals surface area contributed by atoms with Crippen molar-refractivity contribution in [2.45, 2.75) is 31.9 Å². The van der Waals surface area contributed by atoms with Crippen LogP contribution < -0.4 is 14.8 Å². The molecule has 1 N–H and O–H groups in total. The molecule has 2 aromatic rings. The highest BCUT2D eigenvalue weighted by Crippen LogP contribution is 2.40. The van der Waals surface area contributed by atoms with Gasteiger partial charge in [-0.15, -0.1) is 0 Å². The van der Waals surface area contributed by atoms with E-state index in [4.69, 9.17) is 9.47 Å². The first kappa shape index (κ1) is 14.9. The summed E-state index contributed by atoms with van der Waals surface area (Å²) in [5.74, 6) is 2.14. The third-order valence-corrected chi connectivity index (χ3v) is 4.28. The van der Waals surface area contributed by atoms with Crippen molar-refractivity contribution in [1.29, 1.82) is 0 Å². The van der Waals surface area contributed by atoms with Gasteiger partial charge in [0.25, 0.3) is 5.91 Å². The van der Waals surface area contributed by atoms with Crippen LogP contribution in [0.25, 0.3) is 0 Å². The molecule has 1 saturated carbocycles. The Morgan fingerprint density at radius 1 is 1.25 bits per heavy atom. The molecule has 1 amide bonds. The zero-order valence-electron chi connectivity index (χ0n) is 13.4. The van der Waals surface area contributed by atoms with Crippen LogP contribution in [0.4, 0.5) is 0 Å². The summed E-state index contributed by atoms with van der Waals surface area (Å²) in [4.78, 5) is 21.4. The molecule has 4 rings (SSSR count). The smallest absolute Gasteiger partial charge is 0.265 e. The molecule has 124 valence electrons. The van der Waals surface area contributed by atoms with Crippen molar-refractivity contribution in [3.05, 3.63) is 48.0 Å². The average molecular weight is 325 g/mol. The maximum absolute atomic E-state index is 12.6. The van der Waals surface area contributed by atoms with E-state index >= 15 is 0 Å². The number of ether oxygens (including phenoxy) is 2. The Balaban J connectivity index is 1.48. The van der Waals surface area contributed by atoms with Gasteiger partial charge in [0.1, 0.15) is 6.61 Å². The minimum absolute atomic E-state index is 0.168. The second-order valence-corrected chi connectivity index (χ2v) is 6.24. The van der Waals surface area contributed by atoms with Gasteiger partial charge in [-0.05, 0) is 43.9 Å². The average Bonchev–Trinajstić information content (AvgIpc) is 3.44. The molecule has 6 nitrogen and oxygen atoms in total. The molecule has 0 unspecified atom stereocenters. The number of aromatic nitrogens is 2. The Labute approximate surface area is 140 Å². The summed E-state index contributed by atoms with van der Waals surface area (Å²) in [5, 5.41) is 3.05. The summed E-state index contributed by atoms with van der Waals surface area (Å²) < 4.78 is 11.4. The molecule has 1 aliphatic carbocycles. The fourth-order valence-corrected chi connectivity index (χ4v) is 2.84. The number of para-hydroxylation sites is 2. The zero-order chi connectivity index (χ0) is 16.5. The SMILES string of the molecule is Cc1ccnc([C@@H](NC(=O)[C@H]2COc3ccccc3O2)C2CC2)n1. The van der Waals surface area contributed by atoms with Crippen LogP contribution in [0.5, 0.6) is 11.5 Å². The lowest BCUT2D eigenvalue weighted by Crippen LogP contribution is -2.45. The largest absolute Gasteiger partial charge is 0.485 e. The maximum Gasteiger partial charge on any atom is 0.265 e. The highest BCUT2D eigenvalue weighted by molar-refractivity contribution is 5.82. The normalized spacial score (nSPS) is 20.3. The molecule has 2 aliphatic rings. The van der Waals surface area contributed by atoms with Gasteiger partial charge in [-0.25, -0.2) is 9.97 Å². The molecule has 0 saturated heterocycles. The lowest BCUT2D eigenvalue weighted by atomic mass is 10.1. The maximum atomic E-state index is 12.6. The summed E-state index contributed by atoms with van der Waals surface area (Å²) in [6.07, 6.45) is 3.22. The van der Waals surface area contributed by atoms with E-state index < -0.39 is 6.10 Å². The number of hydrogen-bond acceptors (Lipinski definition) is 5. The third kappa shape index (κ3) is 3.04. The molecule has 1 fully saturated rings. The number of nitrogens with zero attached hydrogens (tertiary/aromatic N) is 2.